The second-order valence-corrected chi connectivity index (χ2v) is 6.65. The molecule has 2 heterocycles. The topological polar surface area (TPSA) is 71.7 Å². The molecule has 1 aliphatic heterocycles. The molecule has 1 aliphatic rings. The molecular formula is C21H30N4O2. The van der Waals surface area contributed by atoms with Crippen molar-refractivity contribution in [2.24, 2.45) is 4.99 Å². The van der Waals surface area contributed by atoms with Crippen molar-refractivity contribution < 1.29 is 9.26 Å². The second kappa shape index (κ2) is 9.44. The van der Waals surface area contributed by atoms with Gasteiger partial charge in [-0.3, -0.25) is 0 Å². The highest BCUT2D eigenvalue weighted by atomic mass is 16.5. The minimum atomic E-state index is 0.585. The van der Waals surface area contributed by atoms with Gasteiger partial charge in [0.05, 0.1) is 18.8 Å². The fourth-order valence-electron chi connectivity index (χ4n) is 3.34. The number of hydrogen-bond donors (Lipinski definition) is 2. The molecule has 0 unspecified atom stereocenters. The number of fused-ring (bicyclic) bond motifs is 1. The van der Waals surface area contributed by atoms with Crippen LogP contribution in [0.3, 0.4) is 0 Å². The summed E-state index contributed by atoms with van der Waals surface area (Å²) in [6.45, 7) is 9.29. The lowest BCUT2D eigenvalue weighted by atomic mass is 10.1. The highest BCUT2D eigenvalue weighted by Gasteiger charge is 2.14. The molecule has 1 aromatic carbocycles. The minimum absolute atomic E-state index is 0.585. The Kier molecular flexibility index (Phi) is 6.74. The number of guanidine groups is 1. The third kappa shape index (κ3) is 4.81. The molecule has 0 radical (unpaired) electrons. The van der Waals surface area contributed by atoms with Gasteiger partial charge in [-0.05, 0) is 37.0 Å². The molecule has 3 rings (SSSR count). The molecule has 0 atom stereocenters. The van der Waals surface area contributed by atoms with Crippen LogP contribution >= 0.6 is 0 Å². The number of benzene rings is 1. The zero-order chi connectivity index (χ0) is 19.1. The van der Waals surface area contributed by atoms with E-state index < -0.39 is 0 Å². The van der Waals surface area contributed by atoms with E-state index in [-0.39, 0.29) is 0 Å². The Balaban J connectivity index is 1.59. The molecule has 2 aromatic rings. The maximum Gasteiger partial charge on any atom is 0.191 e. The normalized spacial score (nSPS) is 13.4. The largest absolute Gasteiger partial charge is 0.493 e. The summed E-state index contributed by atoms with van der Waals surface area (Å²) in [5.41, 5.74) is 4.77. The first kappa shape index (κ1) is 19.3. The smallest absolute Gasteiger partial charge is 0.191 e. The fraction of sp³-hybridized carbons (Fsp3) is 0.524. The van der Waals surface area contributed by atoms with Gasteiger partial charge < -0.3 is 19.9 Å². The lowest BCUT2D eigenvalue weighted by Gasteiger charge is -2.12. The molecular weight excluding hydrogens is 340 g/mol. The summed E-state index contributed by atoms with van der Waals surface area (Å²) in [5.74, 6) is 2.80. The average molecular weight is 370 g/mol. The standard InChI is InChI=1S/C21H30N4O2/c1-4-18-17(19(5-2)27-25-18)14-24-21(22-6-3)23-11-9-15-7-8-20-16(13-15)10-12-26-20/h7-8,13H,4-6,9-12,14H2,1-3H3,(H2,22,23,24). The molecule has 1 aromatic heterocycles. The van der Waals surface area contributed by atoms with Crippen molar-refractivity contribution in [2.45, 2.75) is 53.0 Å². The Morgan fingerprint density at radius 3 is 2.85 bits per heavy atom. The van der Waals surface area contributed by atoms with Crippen LogP contribution in [0.5, 0.6) is 5.75 Å². The van der Waals surface area contributed by atoms with Gasteiger partial charge in [-0.1, -0.05) is 31.1 Å². The Labute approximate surface area is 161 Å². The van der Waals surface area contributed by atoms with E-state index >= 15 is 0 Å². The molecule has 0 aliphatic carbocycles. The van der Waals surface area contributed by atoms with Gasteiger partial charge in [0.1, 0.15) is 11.5 Å². The molecule has 0 saturated carbocycles. The molecule has 0 bridgehead atoms. The van der Waals surface area contributed by atoms with Gasteiger partial charge in [-0.25, -0.2) is 4.99 Å². The van der Waals surface area contributed by atoms with E-state index in [1.807, 2.05) is 0 Å². The summed E-state index contributed by atoms with van der Waals surface area (Å²) < 4.78 is 11.0. The van der Waals surface area contributed by atoms with Gasteiger partial charge in [0.25, 0.3) is 0 Å². The fourth-order valence-corrected chi connectivity index (χ4v) is 3.34. The molecule has 0 amide bonds. The van der Waals surface area contributed by atoms with Crippen molar-refractivity contribution in [2.75, 3.05) is 19.7 Å². The maximum absolute atomic E-state index is 5.58. The number of nitrogens with one attached hydrogen (secondary N) is 2. The van der Waals surface area contributed by atoms with Crippen molar-refractivity contribution in [3.8, 4) is 5.75 Å². The molecule has 0 fully saturated rings. The Hall–Kier alpha value is -2.50. The first-order chi connectivity index (χ1) is 13.2. The van der Waals surface area contributed by atoms with Crippen LogP contribution in [0.1, 0.15) is 48.9 Å². The predicted octanol–water partition coefficient (Wildman–Crippen LogP) is 3.03. The van der Waals surface area contributed by atoms with Crippen molar-refractivity contribution in [3.63, 3.8) is 0 Å². The Bertz CT molecular complexity index is 761. The van der Waals surface area contributed by atoms with E-state index in [4.69, 9.17) is 14.3 Å². The van der Waals surface area contributed by atoms with Crippen molar-refractivity contribution in [1.29, 1.82) is 0 Å². The monoisotopic (exact) mass is 370 g/mol. The molecule has 146 valence electrons. The molecule has 27 heavy (non-hydrogen) atoms. The summed E-state index contributed by atoms with van der Waals surface area (Å²) >= 11 is 0. The molecule has 0 saturated heterocycles. The van der Waals surface area contributed by atoms with Gasteiger partial charge in [-0.15, -0.1) is 0 Å². The van der Waals surface area contributed by atoms with Gasteiger partial charge in [0.2, 0.25) is 0 Å². The van der Waals surface area contributed by atoms with Crippen LogP contribution in [0.4, 0.5) is 0 Å². The van der Waals surface area contributed by atoms with Crippen LogP contribution in [-0.2, 0) is 32.2 Å². The zero-order valence-corrected chi connectivity index (χ0v) is 16.6. The van der Waals surface area contributed by atoms with E-state index in [0.29, 0.717) is 6.54 Å². The number of hydrogen-bond acceptors (Lipinski definition) is 4. The minimum Gasteiger partial charge on any atom is -0.493 e. The van der Waals surface area contributed by atoms with Gasteiger partial charge >= 0.3 is 0 Å². The third-order valence-corrected chi connectivity index (χ3v) is 4.81. The lowest BCUT2D eigenvalue weighted by molar-refractivity contribution is 0.357. The van der Waals surface area contributed by atoms with E-state index in [2.05, 4.69) is 54.8 Å². The van der Waals surface area contributed by atoms with E-state index in [1.165, 1.54) is 11.1 Å². The second-order valence-electron chi connectivity index (χ2n) is 6.65. The van der Waals surface area contributed by atoms with Crippen LogP contribution < -0.4 is 15.4 Å². The quantitative estimate of drug-likeness (QED) is 0.552. The van der Waals surface area contributed by atoms with Gasteiger partial charge in [0.15, 0.2) is 5.96 Å². The predicted molar refractivity (Wildman–Crippen MR) is 107 cm³/mol. The average Bonchev–Trinajstić information content (AvgIpc) is 3.31. The van der Waals surface area contributed by atoms with Gasteiger partial charge in [0, 0.05) is 31.5 Å². The summed E-state index contributed by atoms with van der Waals surface area (Å²) in [4.78, 5) is 4.74. The summed E-state index contributed by atoms with van der Waals surface area (Å²) in [6.07, 6.45) is 3.66. The van der Waals surface area contributed by atoms with Crippen molar-refractivity contribution in [1.82, 2.24) is 15.8 Å². The van der Waals surface area contributed by atoms with E-state index in [1.54, 1.807) is 0 Å². The van der Waals surface area contributed by atoms with Gasteiger partial charge in [-0.2, -0.15) is 0 Å². The molecule has 0 spiro atoms. The summed E-state index contributed by atoms with van der Waals surface area (Å²) in [6, 6.07) is 6.49. The van der Waals surface area contributed by atoms with Crippen LogP contribution in [0.15, 0.2) is 27.7 Å². The number of rotatable bonds is 8. The summed E-state index contributed by atoms with van der Waals surface area (Å²) in [5, 5.41) is 10.9. The molecule has 2 N–H and O–H groups in total. The number of aromatic nitrogens is 1. The van der Waals surface area contributed by atoms with E-state index in [0.717, 1.165) is 74.1 Å². The number of ether oxygens (including phenoxy) is 1. The Morgan fingerprint density at radius 2 is 2.07 bits per heavy atom. The SMILES string of the molecule is CCNC(=NCc1c(CC)noc1CC)NCCc1ccc2c(c1)CCO2. The molecule has 6 heteroatoms. The zero-order valence-electron chi connectivity index (χ0n) is 16.6. The lowest BCUT2D eigenvalue weighted by Crippen LogP contribution is -2.38. The highest BCUT2D eigenvalue weighted by Crippen LogP contribution is 2.25. The number of aryl methyl sites for hydroxylation is 2. The highest BCUT2D eigenvalue weighted by molar-refractivity contribution is 5.79. The van der Waals surface area contributed by atoms with Crippen molar-refractivity contribution in [3.05, 3.63) is 46.3 Å². The van der Waals surface area contributed by atoms with Crippen LogP contribution in [-0.4, -0.2) is 30.8 Å². The van der Waals surface area contributed by atoms with Crippen LogP contribution in [0.2, 0.25) is 0 Å². The first-order valence-corrected chi connectivity index (χ1v) is 9.98. The Morgan fingerprint density at radius 1 is 1.19 bits per heavy atom. The molecule has 6 nitrogen and oxygen atoms in total. The van der Waals surface area contributed by atoms with Crippen molar-refractivity contribution >= 4 is 5.96 Å². The number of aliphatic imine (C=N–C) groups is 1. The number of nitrogens with zero attached hydrogens (tertiary/aromatic N) is 2. The third-order valence-electron chi connectivity index (χ3n) is 4.81. The van der Waals surface area contributed by atoms with E-state index in [9.17, 15) is 0 Å². The van der Waals surface area contributed by atoms with Crippen LogP contribution in [0, 0.1) is 0 Å². The first-order valence-electron chi connectivity index (χ1n) is 9.98. The maximum atomic E-state index is 5.58. The summed E-state index contributed by atoms with van der Waals surface area (Å²) in [7, 11) is 0. The van der Waals surface area contributed by atoms with Crippen LogP contribution in [0.25, 0.3) is 0 Å².